The number of rotatable bonds is 21. The van der Waals surface area contributed by atoms with Crippen LogP contribution in [0.4, 0.5) is 0 Å². The van der Waals surface area contributed by atoms with Gasteiger partial charge in [-0.15, -0.1) is 6.04 Å². The van der Waals surface area contributed by atoms with Gasteiger partial charge in [-0.05, 0) is 32.9 Å². The Morgan fingerprint density at radius 2 is 1.52 bits per heavy atom. The van der Waals surface area contributed by atoms with Gasteiger partial charge in [-0.25, -0.2) is 4.89 Å². The minimum Gasteiger partial charge on any atom is -0.613 e. The number of aliphatic hydroxyl groups excluding tert-OH is 1. The van der Waals surface area contributed by atoms with Crippen molar-refractivity contribution in [3.63, 3.8) is 0 Å². The van der Waals surface area contributed by atoms with Crippen LogP contribution in [0.2, 0.25) is 0 Å². The molecule has 2 unspecified atom stereocenters. The molecule has 1 heterocycles. The monoisotopic (exact) mass is 844 g/mol. The standard InChI is InChI=1S/C16H32O.C6H12N2OP.C6H13NO2.CH4O.Ir.Y/c1-2-3-4-5-6-7-8-9-10-11-12-13-14-15-16-17;1-6(2)8-10-9-5-3-4-7;1-7-4-2-3-6(7)5-9-8;1-2;;/h16H,2-15H2,1H3;6,10H,3,5H2,1-2H3;6,8H,2-5H2,1H3;2H,1H3;;/q;-1;;;;. The average molecular weight is 844 g/mol. The molecule has 2 atom stereocenters. The second-order valence-corrected chi connectivity index (χ2v) is 10.6. The topological polar surface area (TPSA) is 117 Å². The summed E-state index contributed by atoms with van der Waals surface area (Å²) in [5, 5.41) is 27.3. The Bertz CT molecular complexity index is 495. The van der Waals surface area contributed by atoms with E-state index in [1.807, 2.05) is 19.9 Å². The largest absolute Gasteiger partial charge is 0.613 e. The quantitative estimate of drug-likeness (QED) is 0.0395. The van der Waals surface area contributed by atoms with Crippen molar-refractivity contribution >= 4 is 15.2 Å². The van der Waals surface area contributed by atoms with Crippen molar-refractivity contribution in [1.29, 1.82) is 5.26 Å². The fraction of sp³-hybridized carbons (Fsp3) is 0.931. The van der Waals surface area contributed by atoms with Crippen LogP contribution in [-0.4, -0.2) is 67.5 Å². The predicted molar refractivity (Wildman–Crippen MR) is 162 cm³/mol. The number of aliphatic hydroxyl groups is 1. The maximum Gasteiger partial charge on any atom is 0.119 e. The molecule has 0 aromatic heterocycles. The van der Waals surface area contributed by atoms with Crippen molar-refractivity contribution in [2.24, 2.45) is 0 Å². The van der Waals surface area contributed by atoms with Gasteiger partial charge in [0, 0.05) is 72.4 Å². The van der Waals surface area contributed by atoms with E-state index in [1.165, 1.54) is 83.5 Å². The first-order valence-electron chi connectivity index (χ1n) is 14.8. The molecule has 1 rings (SSSR count). The summed E-state index contributed by atoms with van der Waals surface area (Å²) in [4.78, 5) is 16.4. The van der Waals surface area contributed by atoms with E-state index in [0.717, 1.165) is 39.2 Å². The number of hydrogen-bond donors (Lipinski definition) is 2. The fourth-order valence-corrected chi connectivity index (χ4v) is 4.29. The van der Waals surface area contributed by atoms with Crippen LogP contribution in [0.3, 0.4) is 0 Å². The minimum atomic E-state index is 0. The van der Waals surface area contributed by atoms with Gasteiger partial charge in [0.1, 0.15) is 6.29 Å². The van der Waals surface area contributed by atoms with Crippen LogP contribution in [0.1, 0.15) is 130 Å². The van der Waals surface area contributed by atoms with Crippen LogP contribution in [-0.2, 0) is 67.0 Å². The molecule has 1 aliphatic rings. The molecule has 2 radical (unpaired) electrons. The van der Waals surface area contributed by atoms with E-state index in [-0.39, 0.29) is 61.8 Å². The van der Waals surface area contributed by atoms with Crippen molar-refractivity contribution in [3.8, 4) is 6.07 Å². The number of nitrogens with zero attached hydrogens (tertiary/aromatic N) is 3. The first kappa shape index (κ1) is 50.7. The Morgan fingerprint density at radius 3 is 1.90 bits per heavy atom. The van der Waals surface area contributed by atoms with Gasteiger partial charge < -0.3 is 24.4 Å². The zero-order valence-corrected chi connectivity index (χ0v) is 32.5. The van der Waals surface area contributed by atoms with Crippen molar-refractivity contribution in [3.05, 3.63) is 5.09 Å². The van der Waals surface area contributed by atoms with Gasteiger partial charge >= 0.3 is 0 Å². The van der Waals surface area contributed by atoms with Crippen LogP contribution in [0.5, 0.6) is 0 Å². The molecular formula is C29H61IrN3O5PY-. The smallest absolute Gasteiger partial charge is 0.119 e. The van der Waals surface area contributed by atoms with E-state index in [9.17, 15) is 4.79 Å². The number of hydrogen-bond acceptors (Lipinski definition) is 7. The molecule has 1 saturated heterocycles. The Labute approximate surface area is 287 Å². The van der Waals surface area contributed by atoms with Gasteiger partial charge in [0.2, 0.25) is 0 Å². The van der Waals surface area contributed by atoms with Crippen molar-refractivity contribution in [2.45, 2.75) is 142 Å². The van der Waals surface area contributed by atoms with Gasteiger partial charge in [0.15, 0.2) is 0 Å². The molecule has 40 heavy (non-hydrogen) atoms. The number of carbonyl (C=O) groups excluding carboxylic acids is 1. The van der Waals surface area contributed by atoms with Crippen molar-refractivity contribution in [2.75, 3.05) is 33.9 Å². The molecule has 1 fully saturated rings. The summed E-state index contributed by atoms with van der Waals surface area (Å²) in [6.45, 7) is 8.37. The summed E-state index contributed by atoms with van der Waals surface area (Å²) in [6, 6.07) is 2.77. The van der Waals surface area contributed by atoms with Crippen LogP contribution in [0, 0.1) is 11.3 Å². The second-order valence-electron chi connectivity index (χ2n) is 9.84. The fourth-order valence-electron chi connectivity index (χ4n) is 3.81. The summed E-state index contributed by atoms with van der Waals surface area (Å²) < 4.78 is 5.02. The molecule has 11 heteroatoms. The van der Waals surface area contributed by atoms with Gasteiger partial charge in [0.05, 0.1) is 25.7 Å². The van der Waals surface area contributed by atoms with E-state index < -0.39 is 0 Å². The third kappa shape index (κ3) is 46.1. The normalized spacial score (nSPS) is 14.0. The van der Waals surface area contributed by atoms with Crippen LogP contribution < -0.4 is 0 Å². The molecule has 0 amide bonds. The van der Waals surface area contributed by atoms with Gasteiger partial charge in [0.25, 0.3) is 0 Å². The summed E-state index contributed by atoms with van der Waals surface area (Å²) >= 11 is 0. The molecule has 0 aromatic carbocycles. The number of likely N-dealkylation sites (N-methyl/N-ethyl adjacent to an activating group) is 1. The summed E-state index contributed by atoms with van der Waals surface area (Å²) in [5.74, 6) is 0. The predicted octanol–water partition coefficient (Wildman–Crippen LogP) is 8.05. The van der Waals surface area contributed by atoms with E-state index >= 15 is 0 Å². The second kappa shape index (κ2) is 47.0. The Kier molecular flexibility index (Phi) is 59.6. The zero-order chi connectivity index (χ0) is 29.1. The van der Waals surface area contributed by atoms with Crippen molar-refractivity contribution < 1.29 is 77.4 Å². The third-order valence-corrected chi connectivity index (χ3v) is 7.01. The number of nitriles is 1. The van der Waals surface area contributed by atoms with Crippen LogP contribution in [0.15, 0.2) is 0 Å². The average Bonchev–Trinajstić information content (AvgIpc) is 3.33. The number of carbonyl (C=O) groups is 1. The van der Waals surface area contributed by atoms with Gasteiger partial charge in [-0.2, -0.15) is 5.26 Å². The summed E-state index contributed by atoms with van der Waals surface area (Å²) in [5.41, 5.74) is 0. The van der Waals surface area contributed by atoms with Gasteiger partial charge in [-0.1, -0.05) is 107 Å². The number of unbranched alkanes of at least 4 members (excludes halogenated alkanes) is 13. The molecule has 0 spiro atoms. The minimum absolute atomic E-state index is 0. The Morgan fingerprint density at radius 1 is 1.02 bits per heavy atom. The molecule has 1 aliphatic heterocycles. The molecule has 0 aromatic rings. The molecule has 0 aliphatic carbocycles. The third-order valence-electron chi connectivity index (χ3n) is 6.06. The SMILES string of the molecule is CC(C)[N-]POCCC#N.CCCCCCCCCCCCCCCC=O.CN1CCCC1COO.CO.[Ir].[Y]. The number of likely N-dealkylation sites (tertiary alicyclic amines) is 1. The first-order chi connectivity index (χ1) is 18.5. The van der Waals surface area contributed by atoms with Crippen molar-refractivity contribution in [1.82, 2.24) is 4.90 Å². The molecule has 2 N–H and O–H groups in total. The van der Waals surface area contributed by atoms with E-state index in [0.29, 0.717) is 31.7 Å². The molecular weight excluding hydrogens is 782 g/mol. The summed E-state index contributed by atoms with van der Waals surface area (Å²) in [7, 11) is 3.25. The van der Waals surface area contributed by atoms with Gasteiger partial charge in [-0.3, -0.25) is 5.26 Å². The molecule has 0 saturated carbocycles. The Hall–Kier alpha value is 1.10. The zero-order valence-electron chi connectivity index (χ0n) is 26.2. The molecule has 240 valence electrons. The molecule has 0 bridgehead atoms. The van der Waals surface area contributed by atoms with E-state index in [1.54, 1.807) is 0 Å². The van der Waals surface area contributed by atoms with Crippen LogP contribution in [0.25, 0.3) is 5.09 Å². The maximum atomic E-state index is 10.1. The molecule has 8 nitrogen and oxygen atoms in total. The van der Waals surface area contributed by atoms with Crippen LogP contribution >= 0.6 is 8.96 Å². The first-order valence-corrected chi connectivity index (χ1v) is 15.7. The van der Waals surface area contributed by atoms with E-state index in [2.05, 4.69) is 28.8 Å². The maximum absolute atomic E-state index is 10.1. The summed E-state index contributed by atoms with van der Waals surface area (Å²) in [6.07, 6.45) is 22.5. The van der Waals surface area contributed by atoms with E-state index in [4.69, 9.17) is 20.1 Å². The number of aldehydes is 1. The Balaban J connectivity index is -0.000000153.